The molecule has 2 aromatic rings. The molecule has 3 rings (SSSR count). The number of rotatable bonds is 10. The Balaban J connectivity index is 1.47. The molecule has 0 fully saturated rings. The van der Waals surface area contributed by atoms with Crippen LogP contribution in [-0.4, -0.2) is 105 Å². The number of quaternary nitrogens is 1. The standard InChI is InChI=1S/C31H48N3O7/c1-34(2,3)14-6-4-5-7-15-39-29-11-8-27(9-12-29)32-33-28-10-13-30-31(26-28)41-25-23-38-21-19-36-17-16-35-18-20-37-22-24-40-30/h8-13,26H,4-7,14-25H2,1-3H3/q+1. The highest BCUT2D eigenvalue weighted by Gasteiger charge is 2.09. The largest absolute Gasteiger partial charge is 0.494 e. The molecule has 0 aromatic heterocycles. The van der Waals surface area contributed by atoms with E-state index >= 15 is 0 Å². The van der Waals surface area contributed by atoms with Gasteiger partial charge in [0.25, 0.3) is 0 Å². The summed E-state index contributed by atoms with van der Waals surface area (Å²) in [6.45, 7) is 6.65. The lowest BCUT2D eigenvalue weighted by molar-refractivity contribution is -0.870. The zero-order chi connectivity index (χ0) is 29.0. The van der Waals surface area contributed by atoms with E-state index in [2.05, 4.69) is 31.4 Å². The van der Waals surface area contributed by atoms with Crippen molar-refractivity contribution in [3.63, 3.8) is 0 Å². The molecule has 0 atom stereocenters. The number of nitrogens with zero attached hydrogens (tertiary/aromatic N) is 3. The lowest BCUT2D eigenvalue weighted by atomic mass is 10.2. The highest BCUT2D eigenvalue weighted by atomic mass is 16.6. The van der Waals surface area contributed by atoms with Crippen molar-refractivity contribution < 1.29 is 37.6 Å². The van der Waals surface area contributed by atoms with Crippen molar-refractivity contribution in [3.05, 3.63) is 42.5 Å². The second-order valence-corrected chi connectivity index (χ2v) is 10.7. The first-order valence-corrected chi connectivity index (χ1v) is 14.7. The maximum absolute atomic E-state index is 5.95. The molecule has 0 radical (unpaired) electrons. The molecule has 0 N–H and O–H groups in total. The van der Waals surface area contributed by atoms with Crippen molar-refractivity contribution >= 4 is 11.4 Å². The first-order chi connectivity index (χ1) is 20.0. The van der Waals surface area contributed by atoms with Gasteiger partial charge in [0, 0.05) is 6.07 Å². The molecular formula is C31H48N3O7+. The van der Waals surface area contributed by atoms with Crippen LogP contribution in [0.25, 0.3) is 0 Å². The van der Waals surface area contributed by atoms with Gasteiger partial charge in [0.1, 0.15) is 19.0 Å². The van der Waals surface area contributed by atoms with Gasteiger partial charge in [-0.1, -0.05) is 0 Å². The van der Waals surface area contributed by atoms with Crippen molar-refractivity contribution in [1.82, 2.24) is 0 Å². The minimum atomic E-state index is 0.369. The molecule has 0 unspecified atom stereocenters. The Morgan fingerprint density at radius 3 is 1.71 bits per heavy atom. The monoisotopic (exact) mass is 574 g/mol. The molecular weight excluding hydrogens is 526 g/mol. The molecule has 1 aliphatic heterocycles. The molecule has 1 heterocycles. The Bertz CT molecular complexity index is 996. The Hall–Kier alpha value is -2.76. The van der Waals surface area contributed by atoms with Crippen LogP contribution in [0.1, 0.15) is 25.7 Å². The Morgan fingerprint density at radius 2 is 1.10 bits per heavy atom. The van der Waals surface area contributed by atoms with E-state index in [9.17, 15) is 0 Å². The van der Waals surface area contributed by atoms with Gasteiger partial charge in [-0.2, -0.15) is 10.2 Å². The highest BCUT2D eigenvalue weighted by molar-refractivity contribution is 5.52. The van der Waals surface area contributed by atoms with Gasteiger partial charge >= 0.3 is 0 Å². The summed E-state index contributed by atoms with van der Waals surface area (Å²) >= 11 is 0. The van der Waals surface area contributed by atoms with Crippen LogP contribution < -0.4 is 14.2 Å². The number of fused-ring (bicyclic) bond motifs is 1. The van der Waals surface area contributed by atoms with Gasteiger partial charge in [-0.25, -0.2) is 0 Å². The van der Waals surface area contributed by atoms with Crippen molar-refractivity contribution in [1.29, 1.82) is 0 Å². The second-order valence-electron chi connectivity index (χ2n) is 10.7. The average molecular weight is 575 g/mol. The third kappa shape index (κ3) is 15.2. The predicted molar refractivity (Wildman–Crippen MR) is 158 cm³/mol. The fourth-order valence-corrected chi connectivity index (χ4v) is 3.93. The van der Waals surface area contributed by atoms with Gasteiger partial charge in [0.05, 0.1) is 98.5 Å². The van der Waals surface area contributed by atoms with E-state index in [1.165, 1.54) is 25.8 Å². The van der Waals surface area contributed by atoms with E-state index in [-0.39, 0.29) is 0 Å². The minimum absolute atomic E-state index is 0.369. The molecule has 0 bridgehead atoms. The van der Waals surface area contributed by atoms with Gasteiger partial charge in [-0.05, 0) is 62.1 Å². The van der Waals surface area contributed by atoms with Crippen LogP contribution in [0.4, 0.5) is 11.4 Å². The zero-order valence-electron chi connectivity index (χ0n) is 25.1. The van der Waals surface area contributed by atoms with Crippen molar-refractivity contribution in [3.8, 4) is 17.2 Å². The van der Waals surface area contributed by atoms with Crippen LogP contribution in [-0.2, 0) is 18.9 Å². The molecule has 0 aliphatic carbocycles. The molecule has 228 valence electrons. The van der Waals surface area contributed by atoms with Crippen LogP contribution in [0.2, 0.25) is 0 Å². The maximum Gasteiger partial charge on any atom is 0.163 e. The predicted octanol–water partition coefficient (Wildman–Crippen LogP) is 5.59. The topological polar surface area (TPSA) is 89.3 Å². The zero-order valence-corrected chi connectivity index (χ0v) is 25.1. The first kappa shape index (κ1) is 32.8. The molecule has 10 nitrogen and oxygen atoms in total. The summed E-state index contributed by atoms with van der Waals surface area (Å²) in [6.07, 6.45) is 4.74. The van der Waals surface area contributed by atoms with E-state index in [1.54, 1.807) is 0 Å². The molecule has 0 saturated heterocycles. The molecule has 0 saturated carbocycles. The smallest absolute Gasteiger partial charge is 0.163 e. The number of unbranched alkanes of at least 4 members (excludes halogenated alkanes) is 3. The van der Waals surface area contributed by atoms with Gasteiger partial charge < -0.3 is 37.6 Å². The van der Waals surface area contributed by atoms with Crippen molar-refractivity contribution in [2.75, 3.05) is 100 Å². The van der Waals surface area contributed by atoms with Gasteiger partial charge in [-0.15, -0.1) is 0 Å². The summed E-state index contributed by atoms with van der Waals surface area (Å²) in [6, 6.07) is 13.2. The molecule has 2 aromatic carbocycles. The number of ether oxygens (including phenoxy) is 7. The van der Waals surface area contributed by atoms with Crippen molar-refractivity contribution in [2.24, 2.45) is 10.2 Å². The summed E-state index contributed by atoms with van der Waals surface area (Å²) < 4.78 is 40.9. The van der Waals surface area contributed by atoms with Gasteiger partial charge in [0.2, 0.25) is 0 Å². The summed E-state index contributed by atoms with van der Waals surface area (Å²) in [5.41, 5.74) is 1.40. The summed E-state index contributed by atoms with van der Waals surface area (Å²) in [4.78, 5) is 0. The van der Waals surface area contributed by atoms with E-state index in [0.29, 0.717) is 83.3 Å². The van der Waals surface area contributed by atoms with E-state index in [4.69, 9.17) is 33.2 Å². The Morgan fingerprint density at radius 1 is 0.585 bits per heavy atom. The van der Waals surface area contributed by atoms with E-state index < -0.39 is 0 Å². The summed E-state index contributed by atoms with van der Waals surface area (Å²) in [5, 5.41) is 8.77. The summed E-state index contributed by atoms with van der Waals surface area (Å²) in [7, 11) is 6.71. The summed E-state index contributed by atoms with van der Waals surface area (Å²) in [5.74, 6) is 2.03. The quantitative estimate of drug-likeness (QED) is 0.208. The number of hydrogen-bond donors (Lipinski definition) is 0. The normalized spacial score (nSPS) is 16.7. The van der Waals surface area contributed by atoms with Gasteiger partial charge in [0.15, 0.2) is 11.5 Å². The number of benzene rings is 2. The maximum atomic E-state index is 5.95. The van der Waals surface area contributed by atoms with Crippen LogP contribution in [0, 0.1) is 0 Å². The fourth-order valence-electron chi connectivity index (χ4n) is 3.93. The van der Waals surface area contributed by atoms with Crippen molar-refractivity contribution in [2.45, 2.75) is 25.7 Å². The highest BCUT2D eigenvalue weighted by Crippen LogP contribution is 2.33. The fraction of sp³-hybridized carbons (Fsp3) is 0.613. The van der Waals surface area contributed by atoms with Crippen LogP contribution in [0.3, 0.4) is 0 Å². The molecule has 10 heteroatoms. The van der Waals surface area contributed by atoms with Crippen LogP contribution in [0.15, 0.2) is 52.7 Å². The number of hydrogen-bond acceptors (Lipinski definition) is 9. The molecule has 41 heavy (non-hydrogen) atoms. The van der Waals surface area contributed by atoms with Crippen LogP contribution >= 0.6 is 0 Å². The molecule has 1 aliphatic rings. The lowest BCUT2D eigenvalue weighted by Gasteiger charge is -2.23. The van der Waals surface area contributed by atoms with E-state index in [1.807, 2.05) is 42.5 Å². The lowest BCUT2D eigenvalue weighted by Crippen LogP contribution is -2.35. The molecule has 0 spiro atoms. The third-order valence-electron chi connectivity index (χ3n) is 6.12. The molecule has 0 amide bonds. The Labute approximate surface area is 245 Å². The van der Waals surface area contributed by atoms with Gasteiger partial charge in [-0.3, -0.25) is 0 Å². The second kappa shape index (κ2) is 19.4. The SMILES string of the molecule is C[N+](C)(C)CCCCCCOc1ccc(N=Nc2ccc3c(c2)OCCOCCOCCOCCOCCO3)cc1. The Kier molecular flexibility index (Phi) is 15.5. The number of azo groups is 1. The first-order valence-electron chi connectivity index (χ1n) is 14.7. The van der Waals surface area contributed by atoms with Crippen LogP contribution in [0.5, 0.6) is 17.2 Å². The average Bonchev–Trinajstić information content (AvgIpc) is 2.95. The minimum Gasteiger partial charge on any atom is -0.494 e. The third-order valence-corrected chi connectivity index (χ3v) is 6.12. The van der Waals surface area contributed by atoms with E-state index in [0.717, 1.165) is 28.9 Å².